The Kier molecular flexibility index (Phi) is 4.02. The Labute approximate surface area is 101 Å². The van der Waals surface area contributed by atoms with Crippen LogP contribution in [0.1, 0.15) is 39.5 Å². The zero-order valence-electron chi connectivity index (χ0n) is 9.78. The maximum atomic E-state index is 11.5. The van der Waals surface area contributed by atoms with E-state index in [1.165, 1.54) is 4.90 Å². The lowest BCUT2D eigenvalue weighted by Crippen LogP contribution is -2.43. The topological polar surface area (TPSA) is 63.4 Å². The van der Waals surface area contributed by atoms with E-state index in [9.17, 15) is 9.59 Å². The van der Waals surface area contributed by atoms with E-state index in [-0.39, 0.29) is 17.2 Å². The van der Waals surface area contributed by atoms with Crippen LogP contribution in [0.25, 0.3) is 0 Å². The molecule has 90 valence electrons. The zero-order chi connectivity index (χ0) is 12.3. The Morgan fingerprint density at radius 2 is 1.88 bits per heavy atom. The van der Waals surface area contributed by atoms with E-state index >= 15 is 0 Å². The highest BCUT2D eigenvalue weighted by molar-refractivity contribution is 7.80. The molecule has 1 fully saturated rings. The lowest BCUT2D eigenvalue weighted by atomic mass is 9.89. The Bertz CT molecular complexity index is 310. The van der Waals surface area contributed by atoms with Crippen molar-refractivity contribution in [1.82, 2.24) is 4.90 Å². The van der Waals surface area contributed by atoms with Crippen LogP contribution in [0.15, 0.2) is 0 Å². The van der Waals surface area contributed by atoms with Gasteiger partial charge in [0.05, 0.1) is 4.99 Å². The standard InChI is InChI=1S/C11H18N2O2S/c1-11(2,10(12)16)6-7-13-8(14)4-3-5-9(13)15/h3-7H2,1-2H3,(H2,12,16). The van der Waals surface area contributed by atoms with Gasteiger partial charge in [0.25, 0.3) is 0 Å². The first-order valence-electron chi connectivity index (χ1n) is 5.48. The highest BCUT2D eigenvalue weighted by atomic mass is 32.1. The molecule has 5 heteroatoms. The van der Waals surface area contributed by atoms with Crippen LogP contribution in [0.4, 0.5) is 0 Å². The predicted molar refractivity (Wildman–Crippen MR) is 65.8 cm³/mol. The van der Waals surface area contributed by atoms with Crippen LogP contribution >= 0.6 is 12.2 Å². The van der Waals surface area contributed by atoms with Gasteiger partial charge in [-0.2, -0.15) is 0 Å². The Balaban J connectivity index is 2.57. The van der Waals surface area contributed by atoms with E-state index in [1.54, 1.807) is 0 Å². The second-order valence-electron chi connectivity index (χ2n) is 4.79. The fraction of sp³-hybridized carbons (Fsp3) is 0.727. The Morgan fingerprint density at radius 1 is 1.38 bits per heavy atom. The minimum Gasteiger partial charge on any atom is -0.393 e. The van der Waals surface area contributed by atoms with E-state index in [1.807, 2.05) is 13.8 Å². The number of piperidine rings is 1. The van der Waals surface area contributed by atoms with Crippen molar-refractivity contribution < 1.29 is 9.59 Å². The van der Waals surface area contributed by atoms with Gasteiger partial charge < -0.3 is 5.73 Å². The molecule has 0 radical (unpaired) electrons. The molecule has 2 N–H and O–H groups in total. The highest BCUT2D eigenvalue weighted by Crippen LogP contribution is 2.22. The summed E-state index contributed by atoms with van der Waals surface area (Å²) in [6.07, 6.45) is 2.24. The molecule has 16 heavy (non-hydrogen) atoms. The second kappa shape index (κ2) is 4.91. The third-order valence-electron chi connectivity index (χ3n) is 3.01. The van der Waals surface area contributed by atoms with Crippen molar-refractivity contribution >= 4 is 29.0 Å². The van der Waals surface area contributed by atoms with Gasteiger partial charge in [0.1, 0.15) is 0 Å². The third-order valence-corrected chi connectivity index (χ3v) is 3.56. The normalized spacial score (nSPS) is 17.8. The molecule has 1 aliphatic heterocycles. The molecule has 1 rings (SSSR count). The fourth-order valence-electron chi connectivity index (χ4n) is 1.56. The van der Waals surface area contributed by atoms with Gasteiger partial charge in [0.15, 0.2) is 0 Å². The lowest BCUT2D eigenvalue weighted by Gasteiger charge is -2.29. The number of rotatable bonds is 4. The molecule has 0 aromatic rings. The van der Waals surface area contributed by atoms with E-state index < -0.39 is 0 Å². The van der Waals surface area contributed by atoms with Gasteiger partial charge in [-0.1, -0.05) is 26.1 Å². The molecule has 0 unspecified atom stereocenters. The first kappa shape index (κ1) is 13.1. The SMILES string of the molecule is CC(C)(CCN1C(=O)CCCC1=O)C(N)=S. The van der Waals surface area contributed by atoms with Crippen LogP contribution < -0.4 is 5.73 Å². The molecule has 0 saturated carbocycles. The summed E-state index contributed by atoms with van der Waals surface area (Å²) in [5.74, 6) is -0.148. The number of likely N-dealkylation sites (tertiary alicyclic amines) is 1. The summed E-state index contributed by atoms with van der Waals surface area (Å²) < 4.78 is 0. The highest BCUT2D eigenvalue weighted by Gasteiger charge is 2.29. The first-order valence-corrected chi connectivity index (χ1v) is 5.88. The Hall–Kier alpha value is -0.970. The molecule has 0 aromatic heterocycles. The summed E-state index contributed by atoms with van der Waals surface area (Å²) >= 11 is 4.95. The van der Waals surface area contributed by atoms with Crippen LogP contribution in [-0.2, 0) is 9.59 Å². The molecule has 0 bridgehead atoms. The van der Waals surface area contributed by atoms with Crippen molar-refractivity contribution in [3.05, 3.63) is 0 Å². The summed E-state index contributed by atoms with van der Waals surface area (Å²) in [4.78, 5) is 24.8. The van der Waals surface area contributed by atoms with Gasteiger partial charge in [0.2, 0.25) is 11.8 Å². The number of carbonyl (C=O) groups excluding carboxylic acids is 2. The Morgan fingerprint density at radius 3 is 2.31 bits per heavy atom. The maximum absolute atomic E-state index is 11.5. The number of hydrogen-bond acceptors (Lipinski definition) is 3. The first-order chi connectivity index (χ1) is 7.34. The van der Waals surface area contributed by atoms with Crippen molar-refractivity contribution in [2.45, 2.75) is 39.5 Å². The number of imide groups is 1. The summed E-state index contributed by atoms with van der Waals surface area (Å²) in [5.41, 5.74) is 5.29. The molecule has 0 spiro atoms. The van der Waals surface area contributed by atoms with Crippen molar-refractivity contribution in [1.29, 1.82) is 0 Å². The van der Waals surface area contributed by atoms with Gasteiger partial charge in [0, 0.05) is 24.8 Å². The number of hydrogen-bond donors (Lipinski definition) is 1. The molecule has 0 atom stereocenters. The average molecular weight is 242 g/mol. The molecule has 1 heterocycles. The smallest absolute Gasteiger partial charge is 0.229 e. The van der Waals surface area contributed by atoms with Crippen LogP contribution in [0, 0.1) is 5.41 Å². The van der Waals surface area contributed by atoms with Gasteiger partial charge in [-0.25, -0.2) is 0 Å². The largest absolute Gasteiger partial charge is 0.393 e. The van der Waals surface area contributed by atoms with Gasteiger partial charge in [-0.3, -0.25) is 14.5 Å². The molecule has 2 amide bonds. The van der Waals surface area contributed by atoms with E-state index in [0.29, 0.717) is 37.2 Å². The van der Waals surface area contributed by atoms with Crippen molar-refractivity contribution in [2.75, 3.05) is 6.54 Å². The molecule has 1 saturated heterocycles. The molecular formula is C11H18N2O2S. The predicted octanol–water partition coefficient (Wildman–Crippen LogP) is 1.23. The van der Waals surface area contributed by atoms with E-state index in [4.69, 9.17) is 18.0 Å². The van der Waals surface area contributed by atoms with Gasteiger partial charge in [-0.15, -0.1) is 0 Å². The lowest BCUT2D eigenvalue weighted by molar-refractivity contribution is -0.148. The fourth-order valence-corrected chi connectivity index (χ4v) is 1.67. The number of nitrogens with two attached hydrogens (primary N) is 1. The van der Waals surface area contributed by atoms with E-state index in [2.05, 4.69) is 0 Å². The molecule has 0 aromatic carbocycles. The van der Waals surface area contributed by atoms with E-state index in [0.717, 1.165) is 0 Å². The monoisotopic (exact) mass is 242 g/mol. The molecular weight excluding hydrogens is 224 g/mol. The minimum absolute atomic E-state index is 0.0741. The van der Waals surface area contributed by atoms with Crippen molar-refractivity contribution in [3.63, 3.8) is 0 Å². The average Bonchev–Trinajstić information content (AvgIpc) is 2.16. The van der Waals surface area contributed by atoms with Gasteiger partial charge in [-0.05, 0) is 12.8 Å². The van der Waals surface area contributed by atoms with Crippen LogP contribution in [0.3, 0.4) is 0 Å². The summed E-state index contributed by atoms with van der Waals surface area (Å²) in [6, 6.07) is 0. The van der Waals surface area contributed by atoms with Gasteiger partial charge >= 0.3 is 0 Å². The molecule has 4 nitrogen and oxygen atoms in total. The number of nitrogens with zero attached hydrogens (tertiary/aromatic N) is 1. The second-order valence-corrected chi connectivity index (χ2v) is 5.23. The number of amides is 2. The summed E-state index contributed by atoms with van der Waals surface area (Å²) in [6.45, 7) is 4.27. The summed E-state index contributed by atoms with van der Waals surface area (Å²) in [7, 11) is 0. The third kappa shape index (κ3) is 3.01. The quantitative estimate of drug-likeness (QED) is 0.595. The van der Waals surface area contributed by atoms with Crippen LogP contribution in [-0.4, -0.2) is 28.2 Å². The number of thiocarbonyl (C=S) groups is 1. The summed E-state index contributed by atoms with van der Waals surface area (Å²) in [5, 5.41) is 0. The van der Waals surface area contributed by atoms with Crippen LogP contribution in [0.2, 0.25) is 0 Å². The molecule has 0 aliphatic carbocycles. The minimum atomic E-state index is -0.312. The maximum Gasteiger partial charge on any atom is 0.229 e. The number of carbonyl (C=O) groups is 2. The van der Waals surface area contributed by atoms with Crippen molar-refractivity contribution in [2.24, 2.45) is 11.1 Å². The van der Waals surface area contributed by atoms with Crippen molar-refractivity contribution in [3.8, 4) is 0 Å². The van der Waals surface area contributed by atoms with Crippen LogP contribution in [0.5, 0.6) is 0 Å². The molecule has 1 aliphatic rings. The zero-order valence-corrected chi connectivity index (χ0v) is 10.6.